The zero-order valence-electron chi connectivity index (χ0n) is 15.1. The van der Waals surface area contributed by atoms with E-state index in [9.17, 15) is 5.11 Å². The quantitative estimate of drug-likeness (QED) is 0.432. The molecule has 1 aromatic rings. The molecule has 1 N–H and O–H groups in total. The number of benzene rings is 1. The first-order valence-corrected chi connectivity index (χ1v) is 9.57. The minimum atomic E-state index is 0.522. The van der Waals surface area contributed by atoms with Crippen LogP contribution in [0.5, 0.6) is 5.75 Å². The van der Waals surface area contributed by atoms with Gasteiger partial charge in [0, 0.05) is 0 Å². The van der Waals surface area contributed by atoms with Crippen LogP contribution in [0.15, 0.2) is 12.1 Å². The minimum Gasteiger partial charge on any atom is -0.508 e. The average molecular weight is 305 g/mol. The van der Waals surface area contributed by atoms with E-state index >= 15 is 0 Å². The molecular weight excluding hydrogens is 268 g/mol. The zero-order valence-corrected chi connectivity index (χ0v) is 15.1. The summed E-state index contributed by atoms with van der Waals surface area (Å²) in [5, 5.41) is 10.3. The third-order valence-electron chi connectivity index (χ3n) is 4.70. The standard InChI is InChI=1S/C21H36O/c1-4-7-9-10-11-12-13-15-20-19(14-8-5-2)18(6-3)16-17-21(20)22/h16-17,22H,4-15H2,1-3H3. The maximum Gasteiger partial charge on any atom is 0.119 e. The topological polar surface area (TPSA) is 20.2 Å². The van der Waals surface area contributed by atoms with Crippen molar-refractivity contribution in [1.82, 2.24) is 0 Å². The molecule has 0 saturated carbocycles. The molecule has 1 nitrogen and oxygen atoms in total. The Labute approximate surface area is 138 Å². The highest BCUT2D eigenvalue weighted by Gasteiger charge is 2.11. The minimum absolute atomic E-state index is 0.522. The fourth-order valence-corrected chi connectivity index (χ4v) is 3.26. The van der Waals surface area contributed by atoms with E-state index in [0.717, 1.165) is 19.3 Å². The van der Waals surface area contributed by atoms with Crippen molar-refractivity contribution < 1.29 is 5.11 Å². The second kappa shape index (κ2) is 11.6. The summed E-state index contributed by atoms with van der Waals surface area (Å²) in [6.45, 7) is 6.73. The van der Waals surface area contributed by atoms with Gasteiger partial charge in [-0.15, -0.1) is 0 Å². The van der Waals surface area contributed by atoms with Gasteiger partial charge in [0.05, 0.1) is 0 Å². The summed E-state index contributed by atoms with van der Waals surface area (Å²) in [4.78, 5) is 0. The largest absolute Gasteiger partial charge is 0.508 e. The number of hydrogen-bond donors (Lipinski definition) is 1. The van der Waals surface area contributed by atoms with E-state index in [-0.39, 0.29) is 0 Å². The van der Waals surface area contributed by atoms with Crippen molar-refractivity contribution in [2.24, 2.45) is 0 Å². The Bertz CT molecular complexity index is 409. The van der Waals surface area contributed by atoms with Crippen molar-refractivity contribution in [3.63, 3.8) is 0 Å². The molecule has 0 radical (unpaired) electrons. The lowest BCUT2D eigenvalue weighted by molar-refractivity contribution is 0.464. The van der Waals surface area contributed by atoms with Crippen LogP contribution in [0.25, 0.3) is 0 Å². The number of aromatic hydroxyl groups is 1. The fourth-order valence-electron chi connectivity index (χ4n) is 3.26. The van der Waals surface area contributed by atoms with Gasteiger partial charge in [-0.2, -0.15) is 0 Å². The molecule has 0 aromatic heterocycles. The molecule has 1 rings (SSSR count). The van der Waals surface area contributed by atoms with Crippen LogP contribution in [0.4, 0.5) is 0 Å². The zero-order chi connectivity index (χ0) is 16.2. The molecule has 0 bridgehead atoms. The molecule has 126 valence electrons. The highest BCUT2D eigenvalue weighted by atomic mass is 16.3. The Kier molecular flexibility index (Phi) is 10.0. The predicted molar refractivity (Wildman–Crippen MR) is 97.8 cm³/mol. The van der Waals surface area contributed by atoms with Gasteiger partial charge in [-0.05, 0) is 54.9 Å². The van der Waals surface area contributed by atoms with Crippen molar-refractivity contribution in [2.75, 3.05) is 0 Å². The highest BCUT2D eigenvalue weighted by molar-refractivity contribution is 5.44. The molecular formula is C21H36O. The number of aryl methyl sites for hydroxylation is 1. The van der Waals surface area contributed by atoms with Gasteiger partial charge < -0.3 is 5.11 Å². The summed E-state index contributed by atoms with van der Waals surface area (Å²) in [6.07, 6.45) is 15.0. The number of rotatable bonds is 12. The lowest BCUT2D eigenvalue weighted by atomic mass is 9.91. The molecule has 0 heterocycles. The van der Waals surface area contributed by atoms with Crippen molar-refractivity contribution in [1.29, 1.82) is 0 Å². The van der Waals surface area contributed by atoms with Crippen LogP contribution in [0.1, 0.15) is 95.2 Å². The van der Waals surface area contributed by atoms with Crippen molar-refractivity contribution in [3.8, 4) is 5.75 Å². The van der Waals surface area contributed by atoms with Gasteiger partial charge in [-0.1, -0.05) is 71.8 Å². The van der Waals surface area contributed by atoms with Gasteiger partial charge in [-0.25, -0.2) is 0 Å². The second-order valence-corrected chi connectivity index (χ2v) is 6.53. The molecule has 1 aromatic carbocycles. The van der Waals surface area contributed by atoms with Crippen LogP contribution in [0, 0.1) is 0 Å². The Morgan fingerprint density at radius 2 is 1.27 bits per heavy atom. The Hall–Kier alpha value is -0.980. The summed E-state index contributed by atoms with van der Waals surface area (Å²) in [6, 6.07) is 4.03. The van der Waals surface area contributed by atoms with Crippen molar-refractivity contribution >= 4 is 0 Å². The molecule has 0 spiro atoms. The third kappa shape index (κ3) is 6.42. The van der Waals surface area contributed by atoms with Crippen LogP contribution in [0.3, 0.4) is 0 Å². The van der Waals surface area contributed by atoms with E-state index in [1.165, 1.54) is 74.5 Å². The predicted octanol–water partition coefficient (Wildman–Crippen LogP) is 6.59. The van der Waals surface area contributed by atoms with E-state index in [1.807, 2.05) is 6.07 Å². The monoisotopic (exact) mass is 304 g/mol. The molecule has 0 aliphatic heterocycles. The Morgan fingerprint density at radius 1 is 0.682 bits per heavy atom. The van der Waals surface area contributed by atoms with Crippen LogP contribution >= 0.6 is 0 Å². The molecule has 0 unspecified atom stereocenters. The number of hydrogen-bond acceptors (Lipinski definition) is 1. The van der Waals surface area contributed by atoms with E-state index in [4.69, 9.17) is 0 Å². The highest BCUT2D eigenvalue weighted by Crippen LogP contribution is 2.28. The molecule has 0 aliphatic rings. The fraction of sp³-hybridized carbons (Fsp3) is 0.714. The summed E-state index contributed by atoms with van der Waals surface area (Å²) < 4.78 is 0. The average Bonchev–Trinajstić information content (AvgIpc) is 2.53. The van der Waals surface area contributed by atoms with E-state index in [0.29, 0.717) is 5.75 Å². The van der Waals surface area contributed by atoms with Gasteiger partial charge >= 0.3 is 0 Å². The Balaban J connectivity index is 2.56. The third-order valence-corrected chi connectivity index (χ3v) is 4.70. The van der Waals surface area contributed by atoms with Gasteiger partial charge in [0.2, 0.25) is 0 Å². The van der Waals surface area contributed by atoms with Gasteiger partial charge in [0.25, 0.3) is 0 Å². The molecule has 0 amide bonds. The lowest BCUT2D eigenvalue weighted by Crippen LogP contribution is -2.01. The van der Waals surface area contributed by atoms with Gasteiger partial charge in [0.1, 0.15) is 5.75 Å². The van der Waals surface area contributed by atoms with Crippen LogP contribution in [-0.4, -0.2) is 5.11 Å². The first kappa shape index (κ1) is 19.1. The molecule has 0 fully saturated rings. The Morgan fingerprint density at radius 3 is 1.91 bits per heavy atom. The summed E-state index contributed by atoms with van der Waals surface area (Å²) in [7, 11) is 0. The molecule has 22 heavy (non-hydrogen) atoms. The van der Waals surface area contributed by atoms with Crippen LogP contribution in [0.2, 0.25) is 0 Å². The van der Waals surface area contributed by atoms with Gasteiger partial charge in [-0.3, -0.25) is 0 Å². The van der Waals surface area contributed by atoms with Crippen LogP contribution in [-0.2, 0) is 19.3 Å². The summed E-state index contributed by atoms with van der Waals surface area (Å²) in [5.74, 6) is 0.522. The van der Waals surface area contributed by atoms with E-state index in [2.05, 4.69) is 26.8 Å². The first-order valence-electron chi connectivity index (χ1n) is 9.57. The van der Waals surface area contributed by atoms with Crippen molar-refractivity contribution in [2.45, 2.75) is 97.8 Å². The summed E-state index contributed by atoms with van der Waals surface area (Å²) in [5.41, 5.74) is 4.11. The molecule has 0 aliphatic carbocycles. The lowest BCUT2D eigenvalue weighted by Gasteiger charge is -2.16. The molecule has 0 saturated heterocycles. The van der Waals surface area contributed by atoms with Crippen molar-refractivity contribution in [3.05, 3.63) is 28.8 Å². The van der Waals surface area contributed by atoms with E-state index < -0.39 is 0 Å². The maximum absolute atomic E-state index is 10.3. The maximum atomic E-state index is 10.3. The number of phenols is 1. The SMILES string of the molecule is CCCCCCCCCc1c(O)ccc(CC)c1CCCC. The van der Waals surface area contributed by atoms with Crippen LogP contribution < -0.4 is 0 Å². The van der Waals surface area contributed by atoms with E-state index in [1.54, 1.807) is 0 Å². The number of unbranched alkanes of at least 4 members (excludes halogenated alkanes) is 7. The van der Waals surface area contributed by atoms with Gasteiger partial charge in [0.15, 0.2) is 0 Å². The normalized spacial score (nSPS) is 11.0. The smallest absolute Gasteiger partial charge is 0.119 e. The number of phenolic OH excluding ortho intramolecular Hbond substituents is 1. The second-order valence-electron chi connectivity index (χ2n) is 6.53. The molecule has 1 heteroatoms. The molecule has 0 atom stereocenters. The summed E-state index contributed by atoms with van der Waals surface area (Å²) >= 11 is 0. The first-order chi connectivity index (χ1) is 10.7.